The highest BCUT2D eigenvalue weighted by Crippen LogP contribution is 2.45. The molecule has 0 saturated heterocycles. The van der Waals surface area contributed by atoms with Crippen LogP contribution in [0.2, 0.25) is 0 Å². The van der Waals surface area contributed by atoms with E-state index >= 15 is 0 Å². The van der Waals surface area contributed by atoms with E-state index in [1.807, 2.05) is 18.2 Å². The van der Waals surface area contributed by atoms with Crippen molar-refractivity contribution in [2.75, 3.05) is 0 Å². The number of phenols is 2. The van der Waals surface area contributed by atoms with Gasteiger partial charge in [-0.05, 0) is 27.8 Å². The van der Waals surface area contributed by atoms with Crippen LogP contribution in [-0.2, 0) is 0 Å². The van der Waals surface area contributed by atoms with Crippen LogP contribution >= 0.6 is 0 Å². The minimum atomic E-state index is -1.60. The summed E-state index contributed by atoms with van der Waals surface area (Å²) in [6, 6.07) is 17.0. The number of carbonyl (C=O) groups is 2. The zero-order valence-corrected chi connectivity index (χ0v) is 14.4. The van der Waals surface area contributed by atoms with Crippen LogP contribution in [0.5, 0.6) is 11.5 Å². The van der Waals surface area contributed by atoms with Crippen molar-refractivity contribution in [1.29, 1.82) is 0 Å². The minimum Gasteiger partial charge on any atom is -0.507 e. The lowest BCUT2D eigenvalue weighted by Gasteiger charge is -2.18. The zero-order chi connectivity index (χ0) is 20.0. The summed E-state index contributed by atoms with van der Waals surface area (Å²) in [5.74, 6) is -4.19. The van der Waals surface area contributed by atoms with Crippen LogP contribution in [0.4, 0.5) is 0 Å². The molecule has 0 unspecified atom stereocenters. The van der Waals surface area contributed by atoms with E-state index < -0.39 is 28.8 Å². The molecule has 138 valence electrons. The van der Waals surface area contributed by atoms with Crippen molar-refractivity contribution in [3.63, 3.8) is 0 Å². The number of aromatic hydroxyl groups is 2. The van der Waals surface area contributed by atoms with E-state index in [9.17, 15) is 30.0 Å². The topological polar surface area (TPSA) is 115 Å². The molecule has 0 heterocycles. The van der Waals surface area contributed by atoms with Crippen molar-refractivity contribution in [2.45, 2.75) is 0 Å². The number of fused-ring (bicyclic) bond motifs is 2. The first kappa shape index (κ1) is 17.4. The van der Waals surface area contributed by atoms with Crippen LogP contribution in [0, 0.1) is 0 Å². The third kappa shape index (κ3) is 2.43. The Labute approximate surface area is 158 Å². The third-order valence-electron chi connectivity index (χ3n) is 4.77. The Morgan fingerprint density at radius 3 is 2.00 bits per heavy atom. The summed E-state index contributed by atoms with van der Waals surface area (Å²) in [6.07, 6.45) is 0. The molecule has 28 heavy (non-hydrogen) atoms. The molecule has 4 aromatic rings. The Bertz CT molecular complexity index is 1280. The van der Waals surface area contributed by atoms with Crippen LogP contribution in [0.15, 0.2) is 60.7 Å². The molecule has 0 aliphatic rings. The molecule has 0 atom stereocenters. The zero-order valence-electron chi connectivity index (χ0n) is 14.4. The molecule has 0 fully saturated rings. The molecule has 0 saturated carbocycles. The Hall–Kier alpha value is -4.06. The maximum Gasteiger partial charge on any atom is 0.340 e. The van der Waals surface area contributed by atoms with E-state index in [1.54, 1.807) is 30.3 Å². The largest absolute Gasteiger partial charge is 0.507 e. The lowest BCUT2D eigenvalue weighted by Crippen LogP contribution is -2.11. The molecule has 0 amide bonds. The smallest absolute Gasteiger partial charge is 0.340 e. The van der Waals surface area contributed by atoms with Gasteiger partial charge >= 0.3 is 11.9 Å². The fraction of sp³-hybridized carbons (Fsp3) is 0. The lowest BCUT2D eigenvalue weighted by atomic mass is 9.86. The first-order chi connectivity index (χ1) is 13.4. The molecule has 4 N–H and O–H groups in total. The summed E-state index contributed by atoms with van der Waals surface area (Å²) in [6.45, 7) is 0. The number of phenolic OH excluding ortho intramolecular Hbond substituents is 1. The van der Waals surface area contributed by atoms with Gasteiger partial charge in [-0.3, -0.25) is 0 Å². The Morgan fingerprint density at radius 1 is 0.679 bits per heavy atom. The fourth-order valence-corrected chi connectivity index (χ4v) is 3.65. The van der Waals surface area contributed by atoms with Crippen molar-refractivity contribution >= 4 is 33.5 Å². The number of rotatable bonds is 3. The van der Waals surface area contributed by atoms with E-state index in [2.05, 4.69) is 0 Å². The number of carboxylic acid groups (broad SMARTS) is 2. The first-order valence-corrected chi connectivity index (χ1v) is 8.37. The van der Waals surface area contributed by atoms with Crippen LogP contribution in [0.1, 0.15) is 20.7 Å². The maximum atomic E-state index is 12.1. The molecule has 0 aromatic heterocycles. The summed E-state index contributed by atoms with van der Waals surface area (Å²) in [7, 11) is 0. The number of benzene rings is 4. The van der Waals surface area contributed by atoms with Gasteiger partial charge in [0.25, 0.3) is 0 Å². The van der Waals surface area contributed by atoms with Gasteiger partial charge in [0, 0.05) is 5.56 Å². The Balaban J connectivity index is 2.33. The van der Waals surface area contributed by atoms with Crippen LogP contribution < -0.4 is 0 Å². The lowest BCUT2D eigenvalue weighted by molar-refractivity contribution is 0.0649. The minimum absolute atomic E-state index is 0.104. The second-order valence-electron chi connectivity index (χ2n) is 6.31. The molecule has 4 rings (SSSR count). The van der Waals surface area contributed by atoms with Crippen molar-refractivity contribution in [2.24, 2.45) is 0 Å². The van der Waals surface area contributed by atoms with Gasteiger partial charge < -0.3 is 20.4 Å². The molecule has 6 nitrogen and oxygen atoms in total. The number of hydrogen-bond donors (Lipinski definition) is 4. The Morgan fingerprint density at radius 2 is 1.29 bits per heavy atom. The molecule has 0 radical (unpaired) electrons. The SMILES string of the molecule is O=C(O)c1c(C(=O)O)c(O)c2c(O)cccc2c1-c1cccc2ccccc12. The van der Waals surface area contributed by atoms with Crippen LogP contribution in [-0.4, -0.2) is 32.4 Å². The number of carboxylic acids is 2. The molecule has 0 spiro atoms. The summed E-state index contributed by atoms with van der Waals surface area (Å²) in [4.78, 5) is 23.9. The molecule has 0 aliphatic heterocycles. The molecule has 0 bridgehead atoms. The molecular weight excluding hydrogens is 360 g/mol. The molecule has 0 aliphatic carbocycles. The van der Waals surface area contributed by atoms with Gasteiger partial charge in [-0.1, -0.05) is 54.6 Å². The maximum absolute atomic E-state index is 12.1. The molecular formula is C22H14O6. The van der Waals surface area contributed by atoms with Crippen molar-refractivity contribution < 1.29 is 30.0 Å². The van der Waals surface area contributed by atoms with E-state index in [0.717, 1.165) is 10.8 Å². The van der Waals surface area contributed by atoms with E-state index in [1.165, 1.54) is 12.1 Å². The van der Waals surface area contributed by atoms with Gasteiger partial charge in [-0.15, -0.1) is 0 Å². The highest BCUT2D eigenvalue weighted by Gasteiger charge is 2.30. The van der Waals surface area contributed by atoms with Gasteiger partial charge in [0.2, 0.25) is 0 Å². The van der Waals surface area contributed by atoms with E-state index in [4.69, 9.17) is 0 Å². The van der Waals surface area contributed by atoms with Crippen molar-refractivity contribution in [3.05, 3.63) is 71.8 Å². The van der Waals surface area contributed by atoms with Crippen molar-refractivity contribution in [3.8, 4) is 22.6 Å². The third-order valence-corrected chi connectivity index (χ3v) is 4.77. The van der Waals surface area contributed by atoms with Gasteiger partial charge in [0.1, 0.15) is 17.1 Å². The van der Waals surface area contributed by atoms with E-state index in [-0.39, 0.29) is 22.1 Å². The highest BCUT2D eigenvalue weighted by molar-refractivity contribution is 6.20. The second-order valence-corrected chi connectivity index (χ2v) is 6.31. The highest BCUT2D eigenvalue weighted by atomic mass is 16.4. The van der Waals surface area contributed by atoms with Gasteiger partial charge in [0.15, 0.2) is 0 Å². The van der Waals surface area contributed by atoms with Gasteiger partial charge in [0.05, 0.1) is 10.9 Å². The predicted molar refractivity (Wildman–Crippen MR) is 104 cm³/mol. The summed E-state index contributed by atoms with van der Waals surface area (Å²) >= 11 is 0. The average molecular weight is 374 g/mol. The summed E-state index contributed by atoms with van der Waals surface area (Å²) in [5.41, 5.74) is -0.664. The second kappa shape index (κ2) is 6.28. The standard InChI is InChI=1S/C22H14O6/c23-15-10-4-9-14-16(13-8-3-6-11-5-1-2-7-12(11)13)18(21(25)26)19(22(27)28)20(24)17(14)15/h1-10,23-24H,(H,25,26)(H,27,28). The summed E-state index contributed by atoms with van der Waals surface area (Å²) < 4.78 is 0. The normalized spacial score (nSPS) is 11.0. The van der Waals surface area contributed by atoms with Gasteiger partial charge in [-0.2, -0.15) is 0 Å². The molecule has 4 aromatic carbocycles. The first-order valence-electron chi connectivity index (χ1n) is 8.37. The fourth-order valence-electron chi connectivity index (χ4n) is 3.65. The van der Waals surface area contributed by atoms with Crippen molar-refractivity contribution in [1.82, 2.24) is 0 Å². The van der Waals surface area contributed by atoms with Crippen LogP contribution in [0.25, 0.3) is 32.7 Å². The number of aromatic carboxylic acids is 2. The van der Waals surface area contributed by atoms with Crippen LogP contribution in [0.3, 0.4) is 0 Å². The predicted octanol–water partition coefficient (Wildman–Crippen LogP) is 4.47. The van der Waals surface area contributed by atoms with Gasteiger partial charge in [-0.25, -0.2) is 9.59 Å². The summed E-state index contributed by atoms with van der Waals surface area (Å²) in [5, 5.41) is 42.0. The quantitative estimate of drug-likeness (QED) is 0.421. The molecule has 6 heteroatoms. The Kier molecular flexibility index (Phi) is 3.89. The average Bonchev–Trinajstić information content (AvgIpc) is 2.67. The number of hydrogen-bond acceptors (Lipinski definition) is 4. The van der Waals surface area contributed by atoms with E-state index in [0.29, 0.717) is 5.56 Å². The monoisotopic (exact) mass is 374 g/mol.